The van der Waals surface area contributed by atoms with E-state index < -0.39 is 5.82 Å². The molecule has 0 spiro atoms. The van der Waals surface area contributed by atoms with Gasteiger partial charge in [-0.25, -0.2) is 4.39 Å². The average Bonchev–Trinajstić information content (AvgIpc) is 2.77. The topological polar surface area (TPSA) is 51.2 Å². The van der Waals surface area contributed by atoms with Crippen molar-refractivity contribution in [2.75, 3.05) is 7.11 Å². The molecule has 17 heavy (non-hydrogen) atoms. The number of rotatable bonds is 3. The number of hydrogen-bond acceptors (Lipinski definition) is 3. The Bertz CT molecular complexity index is 411. The van der Waals surface area contributed by atoms with Crippen molar-refractivity contribution in [2.45, 2.75) is 31.4 Å². The second kappa shape index (κ2) is 5.23. The van der Waals surface area contributed by atoms with Crippen molar-refractivity contribution in [3.8, 4) is 0 Å². The van der Waals surface area contributed by atoms with E-state index in [1.165, 1.54) is 12.3 Å². The number of ether oxygens (including phenoxy) is 1. The lowest BCUT2D eigenvalue weighted by Crippen LogP contribution is -2.33. The highest BCUT2D eigenvalue weighted by Gasteiger charge is 2.26. The summed E-state index contributed by atoms with van der Waals surface area (Å²) in [5.41, 5.74) is 0.0425. The maximum Gasteiger partial charge on any atom is 0.254 e. The zero-order valence-corrected chi connectivity index (χ0v) is 9.65. The number of carbonyl (C=O) groups is 1. The van der Waals surface area contributed by atoms with Crippen LogP contribution in [0.2, 0.25) is 0 Å². The van der Waals surface area contributed by atoms with E-state index in [0.717, 1.165) is 25.5 Å². The van der Waals surface area contributed by atoms with Crippen molar-refractivity contribution in [1.29, 1.82) is 0 Å². The molecule has 1 aliphatic rings. The van der Waals surface area contributed by atoms with Gasteiger partial charge in [-0.2, -0.15) is 0 Å². The number of amides is 1. The third kappa shape index (κ3) is 2.79. The summed E-state index contributed by atoms with van der Waals surface area (Å²) < 4.78 is 18.5. The van der Waals surface area contributed by atoms with Gasteiger partial charge in [-0.05, 0) is 25.3 Å². The molecular weight excluding hydrogens is 223 g/mol. The molecule has 0 radical (unpaired) electrons. The fraction of sp³-hybridized carbons (Fsp3) is 0.500. The summed E-state index contributed by atoms with van der Waals surface area (Å²) in [6, 6.07) is 1.45. The second-order valence-corrected chi connectivity index (χ2v) is 4.20. The van der Waals surface area contributed by atoms with Gasteiger partial charge in [0.25, 0.3) is 5.91 Å². The van der Waals surface area contributed by atoms with Crippen LogP contribution in [0.3, 0.4) is 0 Å². The predicted octanol–water partition coefficient (Wildman–Crippen LogP) is 1.52. The van der Waals surface area contributed by atoms with Gasteiger partial charge in [0.2, 0.25) is 0 Å². The first-order chi connectivity index (χ1) is 8.20. The Hall–Kier alpha value is -1.49. The lowest BCUT2D eigenvalue weighted by molar-refractivity contribution is 0.0911. The maximum atomic E-state index is 13.3. The van der Waals surface area contributed by atoms with Gasteiger partial charge in [-0.1, -0.05) is 0 Å². The summed E-state index contributed by atoms with van der Waals surface area (Å²) in [7, 11) is 1.66. The molecule has 4 nitrogen and oxygen atoms in total. The Balaban J connectivity index is 1.96. The van der Waals surface area contributed by atoms with Crippen LogP contribution in [0.5, 0.6) is 0 Å². The van der Waals surface area contributed by atoms with Gasteiger partial charge in [0.1, 0.15) is 0 Å². The van der Waals surface area contributed by atoms with Crippen molar-refractivity contribution in [3.05, 3.63) is 29.8 Å². The number of halogens is 1. The van der Waals surface area contributed by atoms with Crippen LogP contribution in [0.15, 0.2) is 18.5 Å². The molecule has 5 heteroatoms. The van der Waals surface area contributed by atoms with Crippen LogP contribution in [0.1, 0.15) is 29.6 Å². The highest BCUT2D eigenvalue weighted by molar-refractivity contribution is 5.94. The number of aromatic nitrogens is 1. The standard InChI is InChI=1S/C12H15FN2O2/c1-17-9-3-2-8(6-9)15-12(16)10-4-5-14-7-11(10)13/h4-5,7-9H,2-3,6H2,1H3,(H,15,16). The second-order valence-electron chi connectivity index (χ2n) is 4.20. The van der Waals surface area contributed by atoms with Gasteiger partial charge < -0.3 is 10.1 Å². The lowest BCUT2D eigenvalue weighted by Gasteiger charge is -2.13. The summed E-state index contributed by atoms with van der Waals surface area (Å²) in [6.45, 7) is 0. The van der Waals surface area contributed by atoms with E-state index >= 15 is 0 Å². The minimum absolute atomic E-state index is 0.0425. The smallest absolute Gasteiger partial charge is 0.254 e. The lowest BCUT2D eigenvalue weighted by atomic mass is 10.2. The average molecular weight is 238 g/mol. The summed E-state index contributed by atoms with van der Waals surface area (Å²) in [5.74, 6) is -0.974. The molecule has 1 aromatic heterocycles. The van der Waals surface area contributed by atoms with Crippen LogP contribution in [0, 0.1) is 5.82 Å². The first kappa shape index (κ1) is 12.0. The third-order valence-electron chi connectivity index (χ3n) is 3.07. The zero-order valence-electron chi connectivity index (χ0n) is 9.65. The molecule has 0 bridgehead atoms. The fourth-order valence-electron chi connectivity index (χ4n) is 2.11. The van der Waals surface area contributed by atoms with Crippen LogP contribution in [0.25, 0.3) is 0 Å². The van der Waals surface area contributed by atoms with Gasteiger partial charge in [0, 0.05) is 19.3 Å². The third-order valence-corrected chi connectivity index (χ3v) is 3.07. The van der Waals surface area contributed by atoms with Crippen LogP contribution in [-0.2, 0) is 4.74 Å². The maximum absolute atomic E-state index is 13.3. The van der Waals surface area contributed by atoms with Gasteiger partial charge >= 0.3 is 0 Å². The molecule has 1 amide bonds. The van der Waals surface area contributed by atoms with E-state index in [0.29, 0.717) is 0 Å². The first-order valence-corrected chi connectivity index (χ1v) is 5.64. The molecule has 1 N–H and O–H groups in total. The van der Waals surface area contributed by atoms with Crippen LogP contribution in [0.4, 0.5) is 4.39 Å². The summed E-state index contributed by atoms with van der Waals surface area (Å²) in [6.07, 6.45) is 5.24. The minimum Gasteiger partial charge on any atom is -0.381 e. The van der Waals surface area contributed by atoms with Crippen molar-refractivity contribution in [1.82, 2.24) is 10.3 Å². The molecule has 0 aromatic carbocycles. The quantitative estimate of drug-likeness (QED) is 0.868. The molecule has 0 saturated heterocycles. The molecule has 92 valence electrons. The summed E-state index contributed by atoms with van der Waals surface area (Å²) >= 11 is 0. The molecule has 0 aliphatic heterocycles. The van der Waals surface area contributed by atoms with E-state index in [4.69, 9.17) is 4.74 Å². The van der Waals surface area contributed by atoms with Gasteiger partial charge in [0.15, 0.2) is 5.82 Å². The van der Waals surface area contributed by atoms with Crippen molar-refractivity contribution >= 4 is 5.91 Å². The molecule has 1 aromatic rings. The Kier molecular flexibility index (Phi) is 3.68. The van der Waals surface area contributed by atoms with E-state index in [1.807, 2.05) is 0 Å². The van der Waals surface area contributed by atoms with Crippen LogP contribution >= 0.6 is 0 Å². The normalized spacial score (nSPS) is 23.6. The first-order valence-electron chi connectivity index (χ1n) is 5.64. The monoisotopic (exact) mass is 238 g/mol. The molecule has 1 aliphatic carbocycles. The van der Waals surface area contributed by atoms with E-state index in [9.17, 15) is 9.18 Å². The predicted molar refractivity (Wildman–Crippen MR) is 60.1 cm³/mol. The summed E-state index contributed by atoms with van der Waals surface area (Å²) in [4.78, 5) is 15.4. The number of carbonyl (C=O) groups excluding carboxylic acids is 1. The molecule has 2 unspecified atom stereocenters. The van der Waals surface area contributed by atoms with Crippen molar-refractivity contribution in [2.24, 2.45) is 0 Å². The Labute approximate surface area is 99.2 Å². The number of nitrogens with one attached hydrogen (secondary N) is 1. The molecule has 2 atom stereocenters. The Morgan fingerprint density at radius 2 is 2.41 bits per heavy atom. The van der Waals surface area contributed by atoms with Gasteiger partial charge in [-0.3, -0.25) is 9.78 Å². The van der Waals surface area contributed by atoms with E-state index in [1.54, 1.807) is 7.11 Å². The van der Waals surface area contributed by atoms with Crippen molar-refractivity contribution < 1.29 is 13.9 Å². The number of methoxy groups -OCH3 is 1. The fourth-order valence-corrected chi connectivity index (χ4v) is 2.11. The SMILES string of the molecule is COC1CCC(NC(=O)c2ccncc2F)C1. The van der Waals surface area contributed by atoms with Crippen LogP contribution in [-0.4, -0.2) is 30.1 Å². The Morgan fingerprint density at radius 1 is 1.59 bits per heavy atom. The number of hydrogen-bond donors (Lipinski definition) is 1. The minimum atomic E-state index is -0.591. The highest BCUT2D eigenvalue weighted by atomic mass is 19.1. The van der Waals surface area contributed by atoms with Crippen molar-refractivity contribution in [3.63, 3.8) is 0 Å². The largest absolute Gasteiger partial charge is 0.381 e. The Morgan fingerprint density at radius 3 is 3.06 bits per heavy atom. The number of pyridine rings is 1. The molecule has 1 heterocycles. The zero-order chi connectivity index (χ0) is 12.3. The van der Waals surface area contributed by atoms with Gasteiger partial charge in [0.05, 0.1) is 17.9 Å². The molecule has 2 rings (SSSR count). The van der Waals surface area contributed by atoms with Crippen LogP contribution < -0.4 is 5.32 Å². The molecule has 1 saturated carbocycles. The van der Waals surface area contributed by atoms with E-state index in [-0.39, 0.29) is 23.6 Å². The number of nitrogens with zero attached hydrogens (tertiary/aromatic N) is 1. The molecular formula is C12H15FN2O2. The van der Waals surface area contributed by atoms with E-state index in [2.05, 4.69) is 10.3 Å². The highest BCUT2D eigenvalue weighted by Crippen LogP contribution is 2.21. The van der Waals surface area contributed by atoms with Gasteiger partial charge in [-0.15, -0.1) is 0 Å². The molecule has 1 fully saturated rings. The summed E-state index contributed by atoms with van der Waals surface area (Å²) in [5, 5.41) is 2.81.